The molecule has 0 atom stereocenters. The fourth-order valence-electron chi connectivity index (χ4n) is 6.94. The third-order valence-corrected chi connectivity index (χ3v) is 9.95. The van der Waals surface area contributed by atoms with Crippen molar-refractivity contribution in [3.05, 3.63) is 121 Å². The lowest BCUT2D eigenvalue weighted by atomic mass is 9.59. The van der Waals surface area contributed by atoms with Crippen LogP contribution in [0.4, 0.5) is 0 Å². The van der Waals surface area contributed by atoms with E-state index in [1.165, 1.54) is 38.4 Å². The summed E-state index contributed by atoms with van der Waals surface area (Å²) in [6.45, 7) is 0. The van der Waals surface area contributed by atoms with Gasteiger partial charge in [-0.1, -0.05) is 120 Å². The van der Waals surface area contributed by atoms with Gasteiger partial charge in [0, 0.05) is 21.9 Å². The van der Waals surface area contributed by atoms with Crippen LogP contribution in [0.15, 0.2) is 126 Å². The Morgan fingerprint density at radius 3 is 1.54 bits per heavy atom. The molecular weight excluding hydrogens is 581 g/mol. The third kappa shape index (κ3) is 4.98. The molecule has 0 fully saturated rings. The number of benzene rings is 6. The van der Waals surface area contributed by atoms with Crippen LogP contribution in [-0.4, -0.2) is 54.2 Å². The lowest BCUT2D eigenvalue weighted by Crippen LogP contribution is -2.55. The van der Waals surface area contributed by atoms with E-state index in [4.69, 9.17) is 19.4 Å². The van der Waals surface area contributed by atoms with Gasteiger partial charge in [0.25, 0.3) is 0 Å². The summed E-state index contributed by atoms with van der Waals surface area (Å²) in [6, 6.07) is 41.6. The molecule has 0 aliphatic carbocycles. The number of fused-ring (bicyclic) bond motifs is 3. The van der Waals surface area contributed by atoms with Crippen molar-refractivity contribution in [2.24, 2.45) is 0 Å². The zero-order valence-electron chi connectivity index (χ0n) is 27.8. The van der Waals surface area contributed by atoms with E-state index in [-0.39, 0.29) is 0 Å². The highest BCUT2D eigenvalue weighted by Crippen LogP contribution is 2.40. The summed E-state index contributed by atoms with van der Waals surface area (Å²) < 4.78 is 6.61. The molecule has 9 heteroatoms. The number of furan rings is 1. The largest absolute Gasteiger partial charge is 0.455 e. The molecule has 0 aliphatic rings. The Kier molecular flexibility index (Phi) is 7.41. The second-order valence-corrected chi connectivity index (χ2v) is 12.6. The van der Waals surface area contributed by atoms with Gasteiger partial charge in [0.15, 0.2) is 17.5 Å². The molecule has 0 radical (unpaired) electrons. The van der Waals surface area contributed by atoms with Crippen molar-refractivity contribution in [3.63, 3.8) is 0 Å². The summed E-state index contributed by atoms with van der Waals surface area (Å²) in [5.74, 6) is 1.81. The first-order valence-electron chi connectivity index (χ1n) is 16.4. The van der Waals surface area contributed by atoms with E-state index in [1.807, 2.05) is 54.6 Å². The number of hydrogen-bond donors (Lipinski definition) is 0. The quantitative estimate of drug-likeness (QED) is 0.277. The third-order valence-electron chi connectivity index (χ3n) is 9.95. The second kappa shape index (κ2) is 11.9. The molecule has 8 rings (SSSR count). The molecule has 0 saturated heterocycles. The molecule has 6 aromatic carbocycles. The molecule has 4 nitrogen and oxygen atoms in total. The molecule has 0 aliphatic heterocycles. The van der Waals surface area contributed by atoms with Gasteiger partial charge >= 0.3 is 0 Å². The number of rotatable bonds is 5. The Bertz CT molecular complexity index is 2470. The molecule has 0 unspecified atom stereocenters. The molecule has 0 bridgehead atoms. The maximum Gasteiger partial charge on any atom is 0.167 e. The predicted molar refractivity (Wildman–Crippen MR) is 215 cm³/mol. The Hall–Kier alpha value is -5.55. The maximum absolute atomic E-state index is 6.61. The first kappa shape index (κ1) is 29.8. The van der Waals surface area contributed by atoms with Gasteiger partial charge in [-0.25, -0.2) is 15.0 Å². The van der Waals surface area contributed by atoms with Crippen molar-refractivity contribution in [2.45, 2.75) is 0 Å². The SMILES string of the molecule is Bc1c(B)c(B)c(-c2ccc(-c3nc(-c4ccccc4)nc(-c4cccc5c4oc4cccc(-c6ccccc6)c45)n3)cc2)c(B)c1B. The summed E-state index contributed by atoms with van der Waals surface area (Å²) in [4.78, 5) is 15.1. The highest BCUT2D eigenvalue weighted by atomic mass is 16.3. The van der Waals surface area contributed by atoms with Crippen LogP contribution in [0.3, 0.4) is 0 Å². The number of para-hydroxylation sites is 1. The van der Waals surface area contributed by atoms with Crippen molar-refractivity contribution in [2.75, 3.05) is 0 Å². The molecular formula is C39H30B5N3O. The zero-order chi connectivity index (χ0) is 32.9. The summed E-state index contributed by atoms with van der Waals surface area (Å²) in [5.41, 5.74) is 15.8. The topological polar surface area (TPSA) is 51.8 Å². The smallest absolute Gasteiger partial charge is 0.167 e. The van der Waals surface area contributed by atoms with E-state index in [1.54, 1.807) is 0 Å². The lowest BCUT2D eigenvalue weighted by molar-refractivity contribution is 0.669. The second-order valence-electron chi connectivity index (χ2n) is 12.6. The highest BCUT2D eigenvalue weighted by molar-refractivity contribution is 6.68. The first-order valence-corrected chi connectivity index (χ1v) is 16.4. The first-order chi connectivity index (χ1) is 23.4. The van der Waals surface area contributed by atoms with Crippen molar-refractivity contribution in [1.82, 2.24) is 15.0 Å². The standard InChI is InChI=1S/C39H30B5N3O/c40-31-29(32(41)34(43)35(44)33(31)42)22-17-19-24(20-18-22)38-45-37(23-11-5-2-6-12-23)46-39(47-38)27-15-7-14-26-30-25(21-9-3-1-4-10-21)13-8-16-28(30)48-36(26)27/h1-20H,40-44H2. The van der Waals surface area contributed by atoms with Crippen LogP contribution in [0.25, 0.3) is 78.4 Å². The van der Waals surface area contributed by atoms with Crippen molar-refractivity contribution < 1.29 is 4.42 Å². The van der Waals surface area contributed by atoms with Crippen LogP contribution in [0.2, 0.25) is 0 Å². The molecule has 0 amide bonds. The van der Waals surface area contributed by atoms with Gasteiger partial charge in [0.1, 0.15) is 50.4 Å². The fourth-order valence-corrected chi connectivity index (χ4v) is 6.94. The average Bonchev–Trinajstić information content (AvgIpc) is 3.53. The zero-order valence-corrected chi connectivity index (χ0v) is 27.8. The van der Waals surface area contributed by atoms with E-state index in [0.717, 1.165) is 49.8 Å². The van der Waals surface area contributed by atoms with Crippen molar-refractivity contribution in [1.29, 1.82) is 0 Å². The number of hydrogen-bond acceptors (Lipinski definition) is 4. The van der Waals surface area contributed by atoms with E-state index < -0.39 is 0 Å². The van der Waals surface area contributed by atoms with Crippen LogP contribution >= 0.6 is 0 Å². The minimum absolute atomic E-state index is 0.574. The Balaban J connectivity index is 1.30. The Morgan fingerprint density at radius 2 is 0.896 bits per heavy atom. The van der Waals surface area contributed by atoms with E-state index >= 15 is 0 Å². The van der Waals surface area contributed by atoms with Gasteiger partial charge in [-0.15, -0.1) is 16.4 Å². The fraction of sp³-hybridized carbons (Fsp3) is 0. The molecule has 48 heavy (non-hydrogen) atoms. The molecule has 8 aromatic rings. The van der Waals surface area contributed by atoms with Crippen molar-refractivity contribution in [3.8, 4) is 56.4 Å². The molecule has 2 heterocycles. The van der Waals surface area contributed by atoms with Crippen LogP contribution in [0.5, 0.6) is 0 Å². The Morgan fingerprint density at radius 1 is 0.396 bits per heavy atom. The number of aromatic nitrogens is 3. The molecule has 2 aromatic heterocycles. The monoisotopic (exact) mass is 611 g/mol. The Labute approximate surface area is 284 Å². The van der Waals surface area contributed by atoms with Gasteiger partial charge in [-0.3, -0.25) is 0 Å². The summed E-state index contributed by atoms with van der Waals surface area (Å²) >= 11 is 0. The van der Waals surface area contributed by atoms with Crippen molar-refractivity contribution >= 4 is 88.5 Å². The molecule has 0 N–H and O–H groups in total. The van der Waals surface area contributed by atoms with Gasteiger partial charge in [0.2, 0.25) is 0 Å². The molecule has 0 spiro atoms. The normalized spacial score (nSPS) is 11.3. The van der Waals surface area contributed by atoms with Gasteiger partial charge in [-0.2, -0.15) is 0 Å². The van der Waals surface area contributed by atoms with Gasteiger partial charge < -0.3 is 4.42 Å². The summed E-state index contributed by atoms with van der Waals surface area (Å²) in [5, 5.41) is 2.12. The van der Waals surface area contributed by atoms with Crippen LogP contribution in [0, 0.1) is 0 Å². The van der Waals surface area contributed by atoms with E-state index in [2.05, 4.69) is 106 Å². The number of nitrogens with zero attached hydrogens (tertiary/aromatic N) is 3. The van der Waals surface area contributed by atoms with Gasteiger partial charge in [-0.05, 0) is 34.4 Å². The maximum atomic E-state index is 6.61. The molecule has 222 valence electrons. The van der Waals surface area contributed by atoms with Crippen LogP contribution < -0.4 is 27.3 Å². The highest BCUT2D eigenvalue weighted by Gasteiger charge is 2.20. The lowest BCUT2D eigenvalue weighted by Gasteiger charge is -2.20. The van der Waals surface area contributed by atoms with E-state index in [9.17, 15) is 0 Å². The minimum atomic E-state index is 0.574. The summed E-state index contributed by atoms with van der Waals surface area (Å²) in [7, 11) is 11.1. The van der Waals surface area contributed by atoms with E-state index in [0.29, 0.717) is 17.5 Å². The average molecular weight is 611 g/mol. The van der Waals surface area contributed by atoms with Crippen LogP contribution in [-0.2, 0) is 0 Å². The minimum Gasteiger partial charge on any atom is -0.455 e. The van der Waals surface area contributed by atoms with Gasteiger partial charge in [0.05, 0.1) is 5.56 Å². The summed E-state index contributed by atoms with van der Waals surface area (Å²) in [6.07, 6.45) is 0. The predicted octanol–water partition coefficient (Wildman–Crippen LogP) is 1.40. The van der Waals surface area contributed by atoms with Crippen LogP contribution in [0.1, 0.15) is 0 Å². The molecule has 0 saturated carbocycles.